The average molecular weight is 177 g/mol. The Hall–Kier alpha value is 0.0900. The molecule has 4 heteroatoms. The lowest BCUT2D eigenvalue weighted by atomic mass is 10.1. The summed E-state index contributed by atoms with van der Waals surface area (Å²) >= 11 is 0. The minimum absolute atomic E-state index is 0.0185. The Bertz CT molecular complexity index is 145. The van der Waals surface area contributed by atoms with Crippen LogP contribution in [0.5, 0.6) is 0 Å². The van der Waals surface area contributed by atoms with Crippen molar-refractivity contribution in [1.29, 1.82) is 5.26 Å². The molecule has 1 N–H and O–H groups in total. The molecule has 1 rings (SSSR count). The maximum atomic E-state index is 8.54. The van der Waals surface area contributed by atoms with Gasteiger partial charge in [-0.05, 0) is 40.9 Å². The van der Waals surface area contributed by atoms with Gasteiger partial charge in [-0.25, -0.2) is 0 Å². The van der Waals surface area contributed by atoms with Crippen LogP contribution in [-0.2, 0) is 0 Å². The Labute approximate surface area is 69.4 Å². The van der Waals surface area contributed by atoms with Crippen LogP contribution in [0.15, 0.2) is 0 Å². The van der Waals surface area contributed by atoms with E-state index in [1.54, 1.807) is 0 Å². The number of hydrogen-bond donors (Lipinski definition) is 1. The van der Waals surface area contributed by atoms with E-state index < -0.39 is 0 Å². The van der Waals surface area contributed by atoms with Crippen LogP contribution in [0.4, 0.5) is 0 Å². The molecule has 0 aliphatic carbocycles. The average Bonchev–Trinajstić information content (AvgIpc) is 2.05. The highest BCUT2D eigenvalue weighted by molar-refractivity contribution is 8.21. The summed E-state index contributed by atoms with van der Waals surface area (Å²) in [6, 6.07) is 2.20. The summed E-state index contributed by atoms with van der Waals surface area (Å²) in [5.41, 5.74) is 0. The first-order valence-electron chi connectivity index (χ1n) is 3.30. The van der Waals surface area contributed by atoms with Crippen molar-refractivity contribution in [3.8, 4) is 6.07 Å². The maximum Gasteiger partial charge on any atom is 0.0961 e. The van der Waals surface area contributed by atoms with Crippen molar-refractivity contribution in [3.05, 3.63) is 0 Å². The van der Waals surface area contributed by atoms with E-state index in [0.29, 0.717) is 0 Å². The molecule has 56 valence electrons. The summed E-state index contributed by atoms with van der Waals surface area (Å²) in [6.07, 6.45) is 3.15. The van der Waals surface area contributed by atoms with Crippen LogP contribution >= 0.6 is 21.7 Å². The number of halogens is 1. The standard InChI is InChI=1S/C6H9ClN2S/c7-10-6-3-1-2-5(4-8)9-6/h5-6,9H,1-3H2. The molecule has 0 aromatic heterocycles. The zero-order valence-corrected chi connectivity index (χ0v) is 7.08. The molecule has 1 saturated heterocycles. The third-order valence-corrected chi connectivity index (χ3v) is 2.84. The second kappa shape index (κ2) is 4.07. The molecule has 1 aliphatic heterocycles. The Morgan fingerprint density at radius 3 is 3.00 bits per heavy atom. The number of rotatable bonds is 1. The quantitative estimate of drug-likeness (QED) is 0.663. The maximum absolute atomic E-state index is 8.54. The van der Waals surface area contributed by atoms with Gasteiger partial charge in [0.25, 0.3) is 0 Å². The molecule has 0 bridgehead atoms. The zero-order valence-electron chi connectivity index (χ0n) is 5.51. The second-order valence-corrected chi connectivity index (χ2v) is 3.64. The molecule has 2 nitrogen and oxygen atoms in total. The van der Waals surface area contributed by atoms with Crippen LogP contribution in [0.3, 0.4) is 0 Å². The van der Waals surface area contributed by atoms with Gasteiger partial charge in [0.1, 0.15) is 0 Å². The fourth-order valence-electron chi connectivity index (χ4n) is 1.07. The monoisotopic (exact) mass is 176 g/mol. The van der Waals surface area contributed by atoms with E-state index in [1.165, 1.54) is 11.0 Å². The lowest BCUT2D eigenvalue weighted by molar-refractivity contribution is 0.438. The molecular weight excluding hydrogens is 168 g/mol. The molecule has 0 amide bonds. The predicted octanol–water partition coefficient (Wildman–Crippen LogP) is 1.87. The second-order valence-electron chi connectivity index (χ2n) is 2.36. The number of piperidine rings is 1. The van der Waals surface area contributed by atoms with Crippen molar-refractivity contribution in [1.82, 2.24) is 5.32 Å². The smallest absolute Gasteiger partial charge is 0.0961 e. The normalized spacial score (nSPS) is 33.2. The minimum Gasteiger partial charge on any atom is -0.289 e. The van der Waals surface area contributed by atoms with Gasteiger partial charge in [-0.2, -0.15) is 5.26 Å². The molecule has 0 aromatic rings. The summed E-state index contributed by atoms with van der Waals surface area (Å²) in [6.45, 7) is 0. The first-order chi connectivity index (χ1) is 4.86. The van der Waals surface area contributed by atoms with Crippen LogP contribution in [0.1, 0.15) is 19.3 Å². The highest BCUT2D eigenvalue weighted by Crippen LogP contribution is 2.23. The van der Waals surface area contributed by atoms with Crippen LogP contribution < -0.4 is 5.32 Å². The summed E-state index contributed by atoms with van der Waals surface area (Å²) in [7, 11) is 6.82. The van der Waals surface area contributed by atoms with Crippen molar-refractivity contribution in [2.45, 2.75) is 30.7 Å². The van der Waals surface area contributed by atoms with E-state index >= 15 is 0 Å². The molecule has 0 saturated carbocycles. The van der Waals surface area contributed by atoms with E-state index in [4.69, 9.17) is 15.9 Å². The number of nitrogens with zero attached hydrogens (tertiary/aromatic N) is 1. The van der Waals surface area contributed by atoms with Crippen LogP contribution in [0.2, 0.25) is 0 Å². The van der Waals surface area contributed by atoms with Gasteiger partial charge in [-0.3, -0.25) is 5.32 Å². The van der Waals surface area contributed by atoms with Gasteiger partial charge in [0.15, 0.2) is 0 Å². The van der Waals surface area contributed by atoms with E-state index in [-0.39, 0.29) is 11.4 Å². The Balaban J connectivity index is 2.33. The number of nitriles is 1. The van der Waals surface area contributed by atoms with Crippen LogP contribution in [-0.4, -0.2) is 11.4 Å². The van der Waals surface area contributed by atoms with Gasteiger partial charge >= 0.3 is 0 Å². The lowest BCUT2D eigenvalue weighted by Gasteiger charge is -2.24. The van der Waals surface area contributed by atoms with Crippen LogP contribution in [0, 0.1) is 11.3 Å². The van der Waals surface area contributed by atoms with Gasteiger partial charge in [0, 0.05) is 0 Å². The zero-order chi connectivity index (χ0) is 7.40. The fourth-order valence-corrected chi connectivity index (χ4v) is 1.96. The molecule has 1 aliphatic rings. The molecule has 2 unspecified atom stereocenters. The van der Waals surface area contributed by atoms with Gasteiger partial charge in [-0.15, -0.1) is 0 Å². The molecular formula is C6H9ClN2S. The van der Waals surface area contributed by atoms with Gasteiger partial charge < -0.3 is 0 Å². The topological polar surface area (TPSA) is 35.8 Å². The molecule has 10 heavy (non-hydrogen) atoms. The number of hydrogen-bond acceptors (Lipinski definition) is 3. The van der Waals surface area contributed by atoms with E-state index in [1.807, 2.05) is 0 Å². The van der Waals surface area contributed by atoms with Gasteiger partial charge in [0.2, 0.25) is 0 Å². The first-order valence-corrected chi connectivity index (χ1v) is 5.00. The van der Waals surface area contributed by atoms with E-state index in [9.17, 15) is 0 Å². The van der Waals surface area contributed by atoms with Crippen molar-refractivity contribution in [2.75, 3.05) is 0 Å². The summed E-state index contributed by atoms with van der Waals surface area (Å²) in [5.74, 6) is 0. The highest BCUT2D eigenvalue weighted by atomic mass is 35.7. The van der Waals surface area contributed by atoms with E-state index in [0.717, 1.165) is 19.3 Å². The lowest BCUT2D eigenvalue weighted by Crippen LogP contribution is -2.38. The van der Waals surface area contributed by atoms with E-state index in [2.05, 4.69) is 11.4 Å². The molecule has 0 radical (unpaired) electrons. The molecule has 0 aromatic carbocycles. The van der Waals surface area contributed by atoms with Crippen LogP contribution in [0.25, 0.3) is 0 Å². The summed E-state index contributed by atoms with van der Waals surface area (Å²) in [5, 5.41) is 11.9. The fraction of sp³-hybridized carbons (Fsp3) is 0.833. The number of nitrogens with one attached hydrogen (secondary N) is 1. The van der Waals surface area contributed by atoms with Crippen molar-refractivity contribution < 1.29 is 0 Å². The third-order valence-electron chi connectivity index (χ3n) is 1.61. The Kier molecular flexibility index (Phi) is 3.33. The van der Waals surface area contributed by atoms with Crippen molar-refractivity contribution >= 4 is 21.7 Å². The SMILES string of the molecule is N#CC1CCCC(SCl)N1. The Morgan fingerprint density at radius 2 is 2.40 bits per heavy atom. The largest absolute Gasteiger partial charge is 0.289 e. The van der Waals surface area contributed by atoms with Crippen molar-refractivity contribution in [2.24, 2.45) is 0 Å². The predicted molar refractivity (Wildman–Crippen MR) is 43.6 cm³/mol. The Morgan fingerprint density at radius 1 is 1.60 bits per heavy atom. The highest BCUT2D eigenvalue weighted by Gasteiger charge is 2.19. The first kappa shape index (κ1) is 8.19. The minimum atomic E-state index is 0.0185. The molecule has 1 heterocycles. The summed E-state index contributed by atoms with van der Waals surface area (Å²) < 4.78 is 0. The third kappa shape index (κ3) is 2.05. The molecule has 0 spiro atoms. The summed E-state index contributed by atoms with van der Waals surface area (Å²) in [4.78, 5) is 0. The van der Waals surface area contributed by atoms with Gasteiger partial charge in [-0.1, -0.05) is 0 Å². The molecule has 1 fully saturated rings. The molecule has 2 atom stereocenters. The van der Waals surface area contributed by atoms with Gasteiger partial charge in [0.05, 0.1) is 17.5 Å². The van der Waals surface area contributed by atoms with Crippen molar-refractivity contribution in [3.63, 3.8) is 0 Å².